The first kappa shape index (κ1) is 22.3. The van der Waals surface area contributed by atoms with Crippen molar-refractivity contribution in [2.24, 2.45) is 0 Å². The Balaban J connectivity index is 0. The van der Waals surface area contributed by atoms with Crippen LogP contribution in [0, 0.1) is 31.7 Å². The maximum Gasteiger partial charge on any atom is 0.0333 e. The van der Waals surface area contributed by atoms with Gasteiger partial charge < -0.3 is 21.3 Å². The molecule has 0 aromatic carbocycles. The summed E-state index contributed by atoms with van der Waals surface area (Å²) in [6, 6.07) is 0. The average Bonchev–Trinajstić information content (AvgIpc) is 3.02. The molecule has 0 amide bonds. The molecule has 0 aliphatic carbocycles. The van der Waals surface area contributed by atoms with Crippen LogP contribution in [-0.4, -0.2) is 29.5 Å². The van der Waals surface area contributed by atoms with E-state index in [1.54, 1.807) is 21.7 Å². The molecule has 2 aromatic heterocycles. The van der Waals surface area contributed by atoms with E-state index in [1.807, 2.05) is 27.7 Å². The molecule has 0 saturated heterocycles. The molecule has 0 aliphatic rings. The van der Waals surface area contributed by atoms with Gasteiger partial charge in [-0.25, -0.2) is 34.2 Å². The van der Waals surface area contributed by atoms with E-state index in [0.717, 1.165) is 11.5 Å². The number of rotatable bonds is 2. The number of allylic oxidation sites excluding steroid dienone is 3. The van der Waals surface area contributed by atoms with E-state index in [9.17, 15) is 0 Å². The zero-order valence-corrected chi connectivity index (χ0v) is 17.7. The Morgan fingerprint density at radius 3 is 2.35 bits per heavy atom. The van der Waals surface area contributed by atoms with Gasteiger partial charge in [-0.05, 0) is 0 Å². The summed E-state index contributed by atoms with van der Waals surface area (Å²) in [4.78, 5) is 0. The second-order valence-corrected chi connectivity index (χ2v) is 3.27. The quantitative estimate of drug-likeness (QED) is 0.691. The van der Waals surface area contributed by atoms with Gasteiger partial charge in [-0.2, -0.15) is 0 Å². The van der Waals surface area contributed by atoms with Gasteiger partial charge in [0.05, 0.1) is 0 Å². The minimum atomic E-state index is 0. The first-order valence-electron chi connectivity index (χ1n) is 5.28. The van der Waals surface area contributed by atoms with Crippen molar-refractivity contribution in [3.8, 4) is 0 Å². The Morgan fingerprint density at radius 2 is 1.95 bits per heavy atom. The summed E-state index contributed by atoms with van der Waals surface area (Å²) < 4.78 is 3.36. The van der Waals surface area contributed by atoms with Gasteiger partial charge in [0.15, 0.2) is 0 Å². The molecule has 2 radical (unpaired) electrons. The number of aryl methyl sites for hydroxylation is 1. The molecular formula is C12H14N6Y2-4. The Labute approximate surface area is 169 Å². The van der Waals surface area contributed by atoms with Crippen LogP contribution in [0.15, 0.2) is 6.33 Å². The summed E-state index contributed by atoms with van der Waals surface area (Å²) in [7, 11) is 0. The van der Waals surface area contributed by atoms with Crippen molar-refractivity contribution >= 4 is 11.9 Å². The number of nitrogens with zero attached hydrogens (tertiary/aromatic N) is 6. The molecular weight excluding hydrogens is 406 g/mol. The van der Waals surface area contributed by atoms with Crippen LogP contribution in [0.25, 0.3) is 11.9 Å². The molecule has 0 fully saturated rings. The van der Waals surface area contributed by atoms with Gasteiger partial charge in [-0.15, -0.1) is 6.92 Å². The van der Waals surface area contributed by atoms with Crippen LogP contribution < -0.4 is 0 Å². The fourth-order valence-corrected chi connectivity index (χ4v) is 0.974. The van der Waals surface area contributed by atoms with E-state index in [0.29, 0.717) is 0 Å². The van der Waals surface area contributed by atoms with Crippen LogP contribution >= 0.6 is 0 Å². The Morgan fingerprint density at radius 1 is 1.25 bits per heavy atom. The fraction of sp³-hybridized carbons (Fsp3) is 0.333. The molecule has 2 heterocycles. The third-order valence-corrected chi connectivity index (χ3v) is 2.05. The minimum Gasteiger partial charge on any atom is -0.554 e. The largest absolute Gasteiger partial charge is 0.554 e. The van der Waals surface area contributed by atoms with Gasteiger partial charge in [-0.1, -0.05) is 6.92 Å². The van der Waals surface area contributed by atoms with E-state index in [4.69, 9.17) is 0 Å². The number of hydrogen-bond donors (Lipinski definition) is 0. The molecule has 6 nitrogen and oxygen atoms in total. The van der Waals surface area contributed by atoms with E-state index >= 15 is 0 Å². The van der Waals surface area contributed by atoms with Gasteiger partial charge in [-0.3, -0.25) is 11.9 Å². The molecule has 8 heteroatoms. The van der Waals surface area contributed by atoms with Crippen LogP contribution in [0.3, 0.4) is 0 Å². The topological polar surface area (TPSA) is 61.4 Å². The van der Waals surface area contributed by atoms with Crippen LogP contribution in [-0.2, 0) is 65.4 Å². The monoisotopic (exact) mass is 420 g/mol. The van der Waals surface area contributed by atoms with Gasteiger partial charge in [0, 0.05) is 90.2 Å². The first-order chi connectivity index (χ1) is 8.69. The van der Waals surface area contributed by atoms with Crippen LogP contribution in [0.5, 0.6) is 0 Å². The molecule has 20 heavy (non-hydrogen) atoms. The molecule has 2 rings (SSSR count). The predicted molar refractivity (Wildman–Crippen MR) is 66.4 cm³/mol. The van der Waals surface area contributed by atoms with Crippen molar-refractivity contribution in [3.63, 3.8) is 0 Å². The van der Waals surface area contributed by atoms with Crippen LogP contribution in [0.1, 0.15) is 26.6 Å². The summed E-state index contributed by atoms with van der Waals surface area (Å²) in [5.74, 6) is 0.823. The van der Waals surface area contributed by atoms with E-state index in [2.05, 4.69) is 45.2 Å². The van der Waals surface area contributed by atoms with Crippen molar-refractivity contribution in [3.05, 3.63) is 37.0 Å². The number of hydrogen-bond acceptors (Lipinski definition) is 4. The third kappa shape index (κ3) is 7.67. The molecule has 102 valence electrons. The summed E-state index contributed by atoms with van der Waals surface area (Å²) >= 11 is 0. The van der Waals surface area contributed by atoms with E-state index < -0.39 is 0 Å². The van der Waals surface area contributed by atoms with Crippen molar-refractivity contribution < 1.29 is 65.4 Å². The first-order valence-corrected chi connectivity index (χ1v) is 5.28. The maximum absolute atomic E-state index is 3.72. The summed E-state index contributed by atoms with van der Waals surface area (Å²) in [5, 5.41) is 14.4. The maximum atomic E-state index is 3.72. The summed E-state index contributed by atoms with van der Waals surface area (Å²) in [6.45, 7) is 7.42. The third-order valence-electron chi connectivity index (χ3n) is 2.05. The molecule has 0 atom stereocenters. The molecule has 0 spiro atoms. The van der Waals surface area contributed by atoms with Crippen LogP contribution in [0.2, 0.25) is 0 Å². The summed E-state index contributed by atoms with van der Waals surface area (Å²) in [5.41, 5.74) is 0.958. The Hall–Kier alpha value is -0.0322. The van der Waals surface area contributed by atoms with Crippen molar-refractivity contribution in [1.82, 2.24) is 29.5 Å². The summed E-state index contributed by atoms with van der Waals surface area (Å²) in [6.07, 6.45) is 14.4. The zero-order valence-electron chi connectivity index (χ0n) is 12.0. The van der Waals surface area contributed by atoms with Gasteiger partial charge >= 0.3 is 0 Å². The van der Waals surface area contributed by atoms with Crippen LogP contribution in [0.4, 0.5) is 0 Å². The molecule has 0 saturated carbocycles. The van der Waals surface area contributed by atoms with Gasteiger partial charge in [0.25, 0.3) is 0 Å². The molecule has 2 aromatic rings. The van der Waals surface area contributed by atoms with Gasteiger partial charge in [0.2, 0.25) is 0 Å². The molecule has 0 N–H and O–H groups in total. The smallest absolute Gasteiger partial charge is 0.0333 e. The molecule has 0 aliphatic heterocycles. The van der Waals surface area contributed by atoms with E-state index in [1.165, 1.54) is 0 Å². The van der Waals surface area contributed by atoms with Gasteiger partial charge in [0.1, 0.15) is 0 Å². The second kappa shape index (κ2) is 12.7. The normalized spacial score (nSPS) is 10.3. The van der Waals surface area contributed by atoms with Crippen molar-refractivity contribution in [2.45, 2.75) is 27.7 Å². The average molecular weight is 420 g/mol. The van der Waals surface area contributed by atoms with Crippen molar-refractivity contribution in [2.75, 3.05) is 0 Å². The Bertz CT molecular complexity index is 516. The zero-order chi connectivity index (χ0) is 13.4. The van der Waals surface area contributed by atoms with E-state index in [-0.39, 0.29) is 65.4 Å². The fourth-order valence-electron chi connectivity index (χ4n) is 0.974. The predicted octanol–water partition coefficient (Wildman–Crippen LogP) is 1.44. The number of aromatic nitrogens is 6. The van der Waals surface area contributed by atoms with Crippen molar-refractivity contribution in [1.29, 1.82) is 0 Å². The SMILES string of the molecule is C[C-]=C(C)n1[c-]nnc1.C[C-]=Cn1[c-]nnc1C.[Y].[Y]. The minimum absolute atomic E-state index is 0. The standard InChI is InChI=1S/2C6H7N3.2Y/c1-3-6(2)9-4-7-8-5-9;1-3-4-9-5-7-8-6(9)2;;/h2*4H,1-2H3;;/q2*-2;;. The Kier molecular flexibility index (Phi) is 14.1. The molecule has 0 unspecified atom stereocenters. The second-order valence-electron chi connectivity index (χ2n) is 3.27. The molecule has 0 bridgehead atoms.